The second-order valence-electron chi connectivity index (χ2n) is 5.85. The molecule has 124 valence electrons. The van der Waals surface area contributed by atoms with E-state index in [4.69, 9.17) is 26.2 Å². The van der Waals surface area contributed by atoms with Gasteiger partial charge in [-0.25, -0.2) is 5.14 Å². The van der Waals surface area contributed by atoms with Crippen LogP contribution in [0.15, 0.2) is 23.5 Å². The molecule has 0 radical (unpaired) electrons. The van der Waals surface area contributed by atoms with Crippen LogP contribution in [-0.2, 0) is 24.0 Å². The summed E-state index contributed by atoms with van der Waals surface area (Å²) in [5, 5.41) is 4.65. The first-order valence-electron chi connectivity index (χ1n) is 7.47. The molecular weight excluding hydrogens is 330 g/mol. The number of nitrogens with two attached hydrogens (primary N) is 1. The van der Waals surface area contributed by atoms with Crippen LogP contribution < -0.4 is 5.14 Å². The number of alkyl halides is 1. The third kappa shape index (κ3) is 3.49. The zero-order chi connectivity index (χ0) is 15.8. The van der Waals surface area contributed by atoms with Crippen molar-refractivity contribution in [2.24, 2.45) is 5.14 Å². The topological polar surface area (TPSA) is 87.9 Å². The fourth-order valence-electron chi connectivity index (χ4n) is 3.24. The van der Waals surface area contributed by atoms with E-state index < -0.39 is 16.1 Å². The minimum atomic E-state index is -3.94. The molecule has 22 heavy (non-hydrogen) atoms. The highest BCUT2D eigenvalue weighted by Crippen LogP contribution is 2.45. The lowest BCUT2D eigenvalue weighted by Crippen LogP contribution is -2.44. The second-order valence-corrected chi connectivity index (χ2v) is 7.60. The molecule has 0 aromatic carbocycles. The van der Waals surface area contributed by atoms with Gasteiger partial charge in [-0.2, -0.15) is 8.42 Å². The third-order valence-corrected chi connectivity index (χ3v) is 5.07. The van der Waals surface area contributed by atoms with E-state index in [1.807, 2.05) is 12.2 Å². The summed E-state index contributed by atoms with van der Waals surface area (Å²) >= 11 is 6.39. The molecule has 2 atom stereocenters. The van der Waals surface area contributed by atoms with E-state index in [1.165, 1.54) is 0 Å². The van der Waals surface area contributed by atoms with E-state index in [9.17, 15) is 8.42 Å². The molecule has 2 N–H and O–H groups in total. The van der Waals surface area contributed by atoms with Gasteiger partial charge < -0.3 is 9.47 Å². The largest absolute Gasteiger partial charge is 0.465 e. The van der Waals surface area contributed by atoms with Crippen molar-refractivity contribution >= 4 is 21.9 Å². The van der Waals surface area contributed by atoms with E-state index >= 15 is 0 Å². The Morgan fingerprint density at radius 3 is 2.82 bits per heavy atom. The number of halogens is 1. The first-order valence-corrected chi connectivity index (χ1v) is 9.38. The highest BCUT2D eigenvalue weighted by Gasteiger charge is 2.46. The second kappa shape index (κ2) is 6.13. The lowest BCUT2D eigenvalue weighted by atomic mass is 9.95. The summed E-state index contributed by atoms with van der Waals surface area (Å²) in [7, 11) is -3.94. The van der Waals surface area contributed by atoms with Gasteiger partial charge in [-0.05, 0) is 19.3 Å². The van der Waals surface area contributed by atoms with Crippen LogP contribution in [0.2, 0.25) is 0 Å². The number of hydrogen-bond acceptors (Lipinski definition) is 5. The van der Waals surface area contributed by atoms with Gasteiger partial charge in [-0.1, -0.05) is 12.2 Å². The van der Waals surface area contributed by atoms with Crippen molar-refractivity contribution in [2.45, 2.75) is 55.8 Å². The molecular formula is C14H20ClNO5S. The summed E-state index contributed by atoms with van der Waals surface area (Å²) in [6, 6.07) is 0. The van der Waals surface area contributed by atoms with Crippen molar-refractivity contribution in [3.05, 3.63) is 23.5 Å². The van der Waals surface area contributed by atoms with Crippen molar-refractivity contribution in [2.75, 3.05) is 6.61 Å². The lowest BCUT2D eigenvalue weighted by molar-refractivity contribution is -0.247. The molecule has 1 spiro atoms. The number of hydrogen-bond donors (Lipinski definition) is 1. The zero-order valence-electron chi connectivity index (χ0n) is 12.2. The molecule has 0 aromatic heterocycles. The Bertz CT molecular complexity index is 594. The van der Waals surface area contributed by atoms with Crippen LogP contribution in [0.4, 0.5) is 0 Å². The molecule has 6 nitrogen and oxygen atoms in total. The van der Waals surface area contributed by atoms with Crippen LogP contribution in [0.5, 0.6) is 0 Å². The van der Waals surface area contributed by atoms with Crippen LogP contribution in [0.1, 0.15) is 38.5 Å². The van der Waals surface area contributed by atoms with Crippen molar-refractivity contribution in [1.82, 2.24) is 0 Å². The van der Waals surface area contributed by atoms with Gasteiger partial charge in [0.25, 0.3) is 0 Å². The lowest BCUT2D eigenvalue weighted by Gasteiger charge is -2.43. The van der Waals surface area contributed by atoms with Crippen LogP contribution in [0.25, 0.3) is 0 Å². The summed E-state index contributed by atoms with van der Waals surface area (Å²) in [5.74, 6) is 0.140. The van der Waals surface area contributed by atoms with Crippen molar-refractivity contribution < 1.29 is 22.1 Å². The Morgan fingerprint density at radius 1 is 1.41 bits per heavy atom. The molecule has 1 saturated carbocycles. The molecule has 2 aliphatic carbocycles. The molecule has 8 heteroatoms. The van der Waals surface area contributed by atoms with Gasteiger partial charge in [0.2, 0.25) is 5.79 Å². The summed E-state index contributed by atoms with van der Waals surface area (Å²) in [6.07, 6.45) is 8.47. The summed E-state index contributed by atoms with van der Waals surface area (Å²) < 4.78 is 38.7. The molecule has 3 rings (SSSR count). The average molecular weight is 350 g/mol. The van der Waals surface area contributed by atoms with E-state index in [0.29, 0.717) is 6.42 Å². The smallest absolute Gasteiger partial charge is 0.333 e. The average Bonchev–Trinajstić information content (AvgIpc) is 2.87. The van der Waals surface area contributed by atoms with E-state index in [2.05, 4.69) is 4.18 Å². The fraction of sp³-hybridized carbons (Fsp3) is 0.714. The Balaban J connectivity index is 1.79. The van der Waals surface area contributed by atoms with Crippen molar-refractivity contribution in [3.63, 3.8) is 0 Å². The molecule has 0 saturated heterocycles. The first-order chi connectivity index (χ1) is 10.4. The standard InChI is InChI=1S/C14H20ClNO5S/c15-11-5-3-4-10-12(6-9-19-22(16,17)18)20-14(21-13(10)11)7-1-2-8-14/h3-4,11-12H,1-2,5-9H2,(H2,16,17,18). The van der Waals surface area contributed by atoms with Gasteiger partial charge in [0, 0.05) is 24.8 Å². The monoisotopic (exact) mass is 349 g/mol. The molecule has 2 unspecified atom stereocenters. The van der Waals surface area contributed by atoms with E-state index in [1.54, 1.807) is 0 Å². The number of ether oxygens (including phenoxy) is 2. The SMILES string of the molecule is NS(=O)(=O)OCCC1OC2(CCCC2)OC2=C1C=CCC2Cl. The van der Waals surface area contributed by atoms with Gasteiger partial charge >= 0.3 is 10.3 Å². The summed E-state index contributed by atoms with van der Waals surface area (Å²) in [4.78, 5) is 0. The van der Waals surface area contributed by atoms with Crippen molar-refractivity contribution in [1.29, 1.82) is 0 Å². The normalized spacial score (nSPS) is 30.5. The molecule has 3 aliphatic rings. The van der Waals surface area contributed by atoms with Crippen LogP contribution >= 0.6 is 11.6 Å². The zero-order valence-corrected chi connectivity index (χ0v) is 13.7. The van der Waals surface area contributed by atoms with Gasteiger partial charge in [0.1, 0.15) is 5.76 Å². The van der Waals surface area contributed by atoms with Gasteiger partial charge in [0.15, 0.2) is 0 Å². The summed E-state index contributed by atoms with van der Waals surface area (Å²) in [6.45, 7) is -0.0306. The minimum absolute atomic E-state index is 0.0306. The Kier molecular flexibility index (Phi) is 4.53. The Hall–Kier alpha value is -0.600. The molecule has 0 bridgehead atoms. The third-order valence-electron chi connectivity index (χ3n) is 4.20. The predicted molar refractivity (Wildman–Crippen MR) is 81.3 cm³/mol. The molecule has 1 fully saturated rings. The fourth-order valence-corrected chi connectivity index (χ4v) is 3.84. The highest BCUT2D eigenvalue weighted by molar-refractivity contribution is 7.84. The Morgan fingerprint density at radius 2 is 2.14 bits per heavy atom. The molecule has 1 heterocycles. The van der Waals surface area contributed by atoms with Gasteiger partial charge in [-0.15, -0.1) is 11.6 Å². The molecule has 1 aliphatic heterocycles. The van der Waals surface area contributed by atoms with Crippen LogP contribution in [0, 0.1) is 0 Å². The van der Waals surface area contributed by atoms with Crippen LogP contribution in [-0.4, -0.2) is 32.3 Å². The van der Waals surface area contributed by atoms with Gasteiger partial charge in [0.05, 0.1) is 18.1 Å². The van der Waals surface area contributed by atoms with Crippen molar-refractivity contribution in [3.8, 4) is 0 Å². The maximum Gasteiger partial charge on any atom is 0.333 e. The number of allylic oxidation sites excluding steroid dienone is 2. The van der Waals surface area contributed by atoms with Crippen LogP contribution in [0.3, 0.4) is 0 Å². The molecule has 0 amide bonds. The van der Waals surface area contributed by atoms with E-state index in [0.717, 1.165) is 43.4 Å². The molecule has 0 aromatic rings. The predicted octanol–water partition coefficient (Wildman–Crippen LogP) is 2.10. The minimum Gasteiger partial charge on any atom is -0.465 e. The van der Waals surface area contributed by atoms with Gasteiger partial charge in [-0.3, -0.25) is 4.18 Å². The number of rotatable bonds is 4. The first kappa shape index (κ1) is 16.3. The quantitative estimate of drug-likeness (QED) is 0.785. The van der Waals surface area contributed by atoms with E-state index in [-0.39, 0.29) is 18.1 Å². The maximum atomic E-state index is 10.9. The summed E-state index contributed by atoms with van der Waals surface area (Å²) in [5.41, 5.74) is 0.877. The Labute approximate surface area is 135 Å². The highest BCUT2D eigenvalue weighted by atomic mass is 35.5. The maximum absolute atomic E-state index is 10.9.